The number of carboxylic acids is 1. The Kier molecular flexibility index (Phi) is 6.50. The summed E-state index contributed by atoms with van der Waals surface area (Å²) in [7, 11) is 0. The molecule has 0 radical (unpaired) electrons. The lowest BCUT2D eigenvalue weighted by Gasteiger charge is -2.34. The summed E-state index contributed by atoms with van der Waals surface area (Å²) in [6.45, 7) is 2.16. The number of hydrogen-bond acceptors (Lipinski definition) is 5. The van der Waals surface area contributed by atoms with E-state index < -0.39 is 11.9 Å². The van der Waals surface area contributed by atoms with Crippen molar-refractivity contribution < 1.29 is 19.5 Å². The van der Waals surface area contributed by atoms with Crippen LogP contribution in [0.1, 0.15) is 27.1 Å². The highest BCUT2D eigenvalue weighted by Crippen LogP contribution is 2.07. The highest BCUT2D eigenvalue weighted by molar-refractivity contribution is 5.99. The topological polar surface area (TPSA) is 152 Å². The predicted molar refractivity (Wildman–Crippen MR) is 93.6 cm³/mol. The van der Waals surface area contributed by atoms with Crippen LogP contribution in [0.4, 0.5) is 0 Å². The molecule has 0 unspecified atom stereocenters. The normalized spacial score (nSPS) is 14.5. The lowest BCUT2D eigenvalue weighted by atomic mass is 10.1. The van der Waals surface area contributed by atoms with E-state index in [2.05, 4.69) is 10.7 Å². The predicted octanol–water partition coefficient (Wildman–Crippen LogP) is -0.953. The smallest absolute Gasteiger partial charge is 0.305 e. The molecule has 0 bridgehead atoms. The zero-order valence-corrected chi connectivity index (χ0v) is 14.2. The Morgan fingerprint density at radius 2 is 1.73 bits per heavy atom. The van der Waals surface area contributed by atoms with Gasteiger partial charge in [0.25, 0.3) is 11.8 Å². The molecule has 0 aromatic heterocycles. The van der Waals surface area contributed by atoms with Crippen LogP contribution in [0.15, 0.2) is 24.3 Å². The van der Waals surface area contributed by atoms with Crippen molar-refractivity contribution in [3.63, 3.8) is 0 Å². The van der Waals surface area contributed by atoms with Gasteiger partial charge in [-0.15, -0.1) is 0 Å². The van der Waals surface area contributed by atoms with E-state index in [1.165, 1.54) is 6.07 Å². The molecule has 1 aliphatic rings. The maximum absolute atomic E-state index is 12.4. The Balaban J connectivity index is 1.90. The van der Waals surface area contributed by atoms with Crippen molar-refractivity contribution in [1.82, 2.24) is 20.7 Å². The van der Waals surface area contributed by atoms with Crippen LogP contribution in [0.2, 0.25) is 0 Å². The van der Waals surface area contributed by atoms with Gasteiger partial charge in [-0.1, -0.05) is 6.07 Å². The second-order valence-electron chi connectivity index (χ2n) is 5.78. The lowest BCUT2D eigenvalue weighted by Crippen LogP contribution is -2.55. The monoisotopic (exact) mass is 362 g/mol. The highest BCUT2D eigenvalue weighted by atomic mass is 16.4. The molecule has 1 saturated heterocycles. The van der Waals surface area contributed by atoms with Gasteiger partial charge in [0.1, 0.15) is 0 Å². The fraction of sp³-hybridized carbons (Fsp3) is 0.375. The van der Waals surface area contributed by atoms with E-state index in [0.29, 0.717) is 31.7 Å². The Bertz CT molecular complexity index is 700. The zero-order valence-electron chi connectivity index (χ0n) is 14.2. The summed E-state index contributed by atoms with van der Waals surface area (Å²) in [4.78, 5) is 36.6. The molecule has 10 nitrogen and oxygen atoms in total. The number of carbonyl (C=O) groups is 3. The molecule has 1 aromatic rings. The number of carbonyl (C=O) groups excluding carboxylic acids is 2. The van der Waals surface area contributed by atoms with Gasteiger partial charge in [0.05, 0.1) is 6.42 Å². The molecule has 10 heteroatoms. The number of carboxylic acid groups (broad SMARTS) is 1. The van der Waals surface area contributed by atoms with Crippen molar-refractivity contribution in [2.75, 3.05) is 32.7 Å². The first kappa shape index (κ1) is 19.2. The van der Waals surface area contributed by atoms with Crippen LogP contribution >= 0.6 is 0 Å². The molecule has 6 N–H and O–H groups in total. The van der Waals surface area contributed by atoms with Crippen LogP contribution in [0.5, 0.6) is 0 Å². The van der Waals surface area contributed by atoms with Crippen LogP contribution in [-0.4, -0.2) is 71.5 Å². The molecule has 0 spiro atoms. The van der Waals surface area contributed by atoms with E-state index in [0.717, 1.165) is 0 Å². The molecule has 0 saturated carbocycles. The molecule has 0 aliphatic carbocycles. The minimum absolute atomic E-state index is 0.0117. The Labute approximate surface area is 150 Å². The highest BCUT2D eigenvalue weighted by Gasteiger charge is 2.20. The van der Waals surface area contributed by atoms with E-state index in [4.69, 9.17) is 16.2 Å². The third-order valence-corrected chi connectivity index (χ3v) is 3.89. The van der Waals surface area contributed by atoms with E-state index in [9.17, 15) is 14.4 Å². The third kappa shape index (κ3) is 5.45. The van der Waals surface area contributed by atoms with Crippen molar-refractivity contribution in [2.45, 2.75) is 6.42 Å². The number of benzene rings is 1. The largest absolute Gasteiger partial charge is 0.481 e. The fourth-order valence-corrected chi connectivity index (χ4v) is 2.45. The van der Waals surface area contributed by atoms with Gasteiger partial charge in [-0.25, -0.2) is 5.01 Å². The maximum atomic E-state index is 12.4. The molecule has 1 aromatic carbocycles. The Hall–Kier alpha value is -3.14. The number of piperazine rings is 1. The third-order valence-electron chi connectivity index (χ3n) is 3.89. The summed E-state index contributed by atoms with van der Waals surface area (Å²) in [5.74, 6) is -1.77. The molecule has 2 rings (SSSR count). The van der Waals surface area contributed by atoms with Crippen molar-refractivity contribution >= 4 is 23.7 Å². The lowest BCUT2D eigenvalue weighted by molar-refractivity contribution is -0.136. The molecule has 0 atom stereocenters. The number of nitrogens with zero attached hydrogens (tertiary/aromatic N) is 2. The van der Waals surface area contributed by atoms with Crippen LogP contribution < -0.4 is 16.5 Å². The minimum atomic E-state index is -0.997. The molecule has 1 aliphatic heterocycles. The van der Waals surface area contributed by atoms with Crippen molar-refractivity contribution in [2.24, 2.45) is 5.73 Å². The van der Waals surface area contributed by atoms with E-state index in [1.54, 1.807) is 28.1 Å². The number of amides is 2. The first-order chi connectivity index (χ1) is 12.4. The molecule has 140 valence electrons. The van der Waals surface area contributed by atoms with Crippen LogP contribution in [0.3, 0.4) is 0 Å². The summed E-state index contributed by atoms with van der Waals surface area (Å²) in [6.07, 6.45) is -0.168. The van der Waals surface area contributed by atoms with Crippen molar-refractivity contribution in [3.8, 4) is 0 Å². The molecular weight excluding hydrogens is 340 g/mol. The van der Waals surface area contributed by atoms with Gasteiger partial charge in [0.15, 0.2) is 5.96 Å². The van der Waals surface area contributed by atoms with Gasteiger partial charge in [0.2, 0.25) is 0 Å². The average molecular weight is 362 g/mol. The van der Waals surface area contributed by atoms with Gasteiger partial charge in [-0.05, 0) is 18.2 Å². The van der Waals surface area contributed by atoms with E-state index >= 15 is 0 Å². The second-order valence-corrected chi connectivity index (χ2v) is 5.78. The summed E-state index contributed by atoms with van der Waals surface area (Å²) in [5, 5.41) is 20.2. The van der Waals surface area contributed by atoms with Gasteiger partial charge in [0, 0.05) is 43.9 Å². The van der Waals surface area contributed by atoms with E-state index in [1.807, 2.05) is 0 Å². The van der Waals surface area contributed by atoms with Crippen molar-refractivity contribution in [3.05, 3.63) is 35.4 Å². The summed E-state index contributed by atoms with van der Waals surface area (Å²) >= 11 is 0. The number of hydrogen-bond donors (Lipinski definition) is 5. The minimum Gasteiger partial charge on any atom is -0.481 e. The molecule has 26 heavy (non-hydrogen) atoms. The number of guanidine groups is 1. The molecular formula is C16H22N6O4. The van der Waals surface area contributed by atoms with Gasteiger partial charge < -0.3 is 21.1 Å². The van der Waals surface area contributed by atoms with Crippen LogP contribution in [0, 0.1) is 5.41 Å². The SMILES string of the molecule is N=C(N)N1CCN(NC(=O)c2cccc(C(=O)NCCC(=O)O)c2)CC1. The quantitative estimate of drug-likeness (QED) is 0.323. The summed E-state index contributed by atoms with van der Waals surface area (Å²) in [5.41, 5.74) is 8.81. The summed E-state index contributed by atoms with van der Waals surface area (Å²) < 4.78 is 0. The number of nitrogens with one attached hydrogen (secondary N) is 3. The number of aliphatic carboxylic acids is 1. The van der Waals surface area contributed by atoms with Crippen LogP contribution in [0.25, 0.3) is 0 Å². The first-order valence-corrected chi connectivity index (χ1v) is 8.12. The van der Waals surface area contributed by atoms with Crippen molar-refractivity contribution in [1.29, 1.82) is 5.41 Å². The average Bonchev–Trinajstić information content (AvgIpc) is 2.62. The van der Waals surface area contributed by atoms with Crippen LogP contribution in [-0.2, 0) is 4.79 Å². The number of rotatable bonds is 6. The number of nitrogens with two attached hydrogens (primary N) is 1. The molecule has 2 amide bonds. The molecule has 1 fully saturated rings. The standard InChI is InChI=1S/C16H22N6O4/c17-16(18)21-6-8-22(9-7-21)20-15(26)12-3-1-2-11(10-12)14(25)19-5-4-13(23)24/h1-3,10H,4-9H2,(H3,17,18)(H,19,25)(H,20,26)(H,23,24). The zero-order chi connectivity index (χ0) is 19.1. The Morgan fingerprint density at radius 1 is 1.12 bits per heavy atom. The van der Waals surface area contributed by atoms with E-state index in [-0.39, 0.29) is 30.4 Å². The number of hydrazine groups is 1. The Morgan fingerprint density at radius 3 is 2.31 bits per heavy atom. The second kappa shape index (κ2) is 8.81. The molecule has 1 heterocycles. The maximum Gasteiger partial charge on any atom is 0.305 e. The fourth-order valence-electron chi connectivity index (χ4n) is 2.45. The summed E-state index contributed by atoms with van der Waals surface area (Å²) in [6, 6.07) is 6.19. The van der Waals surface area contributed by atoms with Gasteiger partial charge in [-0.3, -0.25) is 25.2 Å². The van der Waals surface area contributed by atoms with Gasteiger partial charge >= 0.3 is 5.97 Å². The first-order valence-electron chi connectivity index (χ1n) is 8.12. The van der Waals surface area contributed by atoms with Gasteiger partial charge in [-0.2, -0.15) is 0 Å².